The van der Waals surface area contributed by atoms with E-state index in [4.69, 9.17) is 0 Å². The number of hydrogen-bond acceptors (Lipinski definition) is 4. The van der Waals surface area contributed by atoms with E-state index in [2.05, 4.69) is 17.2 Å². The third-order valence-electron chi connectivity index (χ3n) is 2.74. The molecule has 1 fully saturated rings. The molecule has 0 radical (unpaired) electrons. The number of rotatable bonds is 2. The van der Waals surface area contributed by atoms with Crippen LogP contribution in [0.4, 0.5) is 5.69 Å². The van der Waals surface area contributed by atoms with Gasteiger partial charge in [0.15, 0.2) is 6.29 Å². The number of aldehydes is 1. The van der Waals surface area contributed by atoms with Crippen molar-refractivity contribution in [1.29, 1.82) is 0 Å². The summed E-state index contributed by atoms with van der Waals surface area (Å²) in [5, 5.41) is 2.09. The first-order valence-electron chi connectivity index (χ1n) is 5.19. The number of carbonyl (C=O) groups is 1. The summed E-state index contributed by atoms with van der Waals surface area (Å²) in [4.78, 5) is 13.9. The van der Waals surface area contributed by atoms with E-state index in [0.29, 0.717) is 6.04 Å². The van der Waals surface area contributed by atoms with Crippen molar-refractivity contribution in [3.05, 3.63) is 16.3 Å². The normalized spacial score (nSPS) is 22.5. The van der Waals surface area contributed by atoms with Crippen LogP contribution in [0.5, 0.6) is 0 Å². The van der Waals surface area contributed by atoms with Gasteiger partial charge in [0.25, 0.3) is 0 Å². The highest BCUT2D eigenvalue weighted by Gasteiger charge is 2.18. The lowest BCUT2D eigenvalue weighted by molar-refractivity contribution is 0.112. The highest BCUT2D eigenvalue weighted by Crippen LogP contribution is 2.27. The molecule has 1 aromatic heterocycles. The Kier molecular flexibility index (Phi) is 3.70. The van der Waals surface area contributed by atoms with Crippen LogP contribution in [-0.2, 0) is 0 Å². The van der Waals surface area contributed by atoms with Gasteiger partial charge in [-0.15, -0.1) is 11.3 Å². The summed E-state index contributed by atoms with van der Waals surface area (Å²) in [7, 11) is 0. The maximum atomic E-state index is 10.6. The predicted molar refractivity (Wildman–Crippen MR) is 68.5 cm³/mol. The van der Waals surface area contributed by atoms with Gasteiger partial charge in [-0.2, -0.15) is 11.8 Å². The average molecular weight is 241 g/mol. The highest BCUT2D eigenvalue weighted by atomic mass is 32.2. The van der Waals surface area contributed by atoms with Gasteiger partial charge < -0.3 is 4.90 Å². The average Bonchev–Trinajstić information content (AvgIpc) is 2.62. The third kappa shape index (κ3) is 2.55. The number of thiophene rings is 1. The van der Waals surface area contributed by atoms with E-state index >= 15 is 0 Å². The van der Waals surface area contributed by atoms with Crippen molar-refractivity contribution in [2.45, 2.75) is 19.4 Å². The van der Waals surface area contributed by atoms with Crippen molar-refractivity contribution < 1.29 is 4.79 Å². The zero-order chi connectivity index (χ0) is 10.7. The smallest absolute Gasteiger partial charge is 0.160 e. The van der Waals surface area contributed by atoms with E-state index in [1.807, 2.05) is 17.8 Å². The van der Waals surface area contributed by atoms with E-state index in [9.17, 15) is 4.79 Å². The molecule has 1 aromatic rings. The van der Waals surface area contributed by atoms with Gasteiger partial charge in [0, 0.05) is 29.4 Å². The summed E-state index contributed by atoms with van der Waals surface area (Å²) >= 11 is 3.56. The fourth-order valence-corrected chi connectivity index (χ4v) is 3.58. The van der Waals surface area contributed by atoms with E-state index in [1.54, 1.807) is 0 Å². The maximum Gasteiger partial charge on any atom is 0.160 e. The SMILES string of the molecule is CC1CCSCCN1c1csc(C=O)c1. The molecule has 0 bridgehead atoms. The van der Waals surface area contributed by atoms with Crippen LogP contribution in [0.15, 0.2) is 11.4 Å². The Hall–Kier alpha value is -0.480. The summed E-state index contributed by atoms with van der Waals surface area (Å²) in [6.45, 7) is 3.37. The van der Waals surface area contributed by atoms with Crippen LogP contribution < -0.4 is 4.90 Å². The first-order valence-corrected chi connectivity index (χ1v) is 7.23. The summed E-state index contributed by atoms with van der Waals surface area (Å²) < 4.78 is 0. The molecule has 0 spiro atoms. The molecule has 1 aliphatic rings. The minimum atomic E-state index is 0.592. The lowest BCUT2D eigenvalue weighted by atomic mass is 10.2. The van der Waals surface area contributed by atoms with Crippen LogP contribution in [0.3, 0.4) is 0 Å². The largest absolute Gasteiger partial charge is 0.367 e. The number of anilines is 1. The van der Waals surface area contributed by atoms with Gasteiger partial charge in [-0.25, -0.2) is 0 Å². The van der Waals surface area contributed by atoms with Gasteiger partial charge in [-0.3, -0.25) is 4.79 Å². The number of hydrogen-bond donors (Lipinski definition) is 0. The summed E-state index contributed by atoms with van der Waals surface area (Å²) in [5.41, 5.74) is 1.22. The molecular formula is C11H15NOS2. The van der Waals surface area contributed by atoms with Gasteiger partial charge in [-0.05, 0) is 25.2 Å². The van der Waals surface area contributed by atoms with Crippen LogP contribution in [0.2, 0.25) is 0 Å². The summed E-state index contributed by atoms with van der Waals surface area (Å²) in [6, 6.07) is 2.60. The predicted octanol–water partition coefficient (Wildman–Crippen LogP) is 2.89. The molecule has 1 atom stereocenters. The molecular weight excluding hydrogens is 226 g/mol. The second-order valence-electron chi connectivity index (χ2n) is 3.77. The van der Waals surface area contributed by atoms with E-state index in [0.717, 1.165) is 17.7 Å². The van der Waals surface area contributed by atoms with Crippen molar-refractivity contribution in [1.82, 2.24) is 0 Å². The Morgan fingerprint density at radius 3 is 3.13 bits per heavy atom. The molecule has 0 amide bonds. The molecule has 0 saturated carbocycles. The zero-order valence-corrected chi connectivity index (χ0v) is 10.4. The van der Waals surface area contributed by atoms with Crippen LogP contribution in [-0.4, -0.2) is 30.4 Å². The van der Waals surface area contributed by atoms with Crippen molar-refractivity contribution in [2.24, 2.45) is 0 Å². The van der Waals surface area contributed by atoms with Crippen molar-refractivity contribution in [2.75, 3.05) is 23.0 Å². The Morgan fingerprint density at radius 2 is 2.40 bits per heavy atom. The van der Waals surface area contributed by atoms with E-state index in [1.165, 1.54) is 35.0 Å². The quantitative estimate of drug-likeness (QED) is 0.743. The molecule has 0 aliphatic carbocycles. The molecule has 1 unspecified atom stereocenters. The van der Waals surface area contributed by atoms with Crippen LogP contribution in [0.1, 0.15) is 23.0 Å². The van der Waals surface area contributed by atoms with Crippen molar-refractivity contribution >= 4 is 35.1 Å². The van der Waals surface area contributed by atoms with Gasteiger partial charge in [0.1, 0.15) is 0 Å². The monoisotopic (exact) mass is 241 g/mol. The molecule has 2 nitrogen and oxygen atoms in total. The number of thioether (sulfide) groups is 1. The molecule has 2 heterocycles. The summed E-state index contributed by atoms with van der Waals surface area (Å²) in [5.74, 6) is 2.44. The maximum absolute atomic E-state index is 10.6. The zero-order valence-electron chi connectivity index (χ0n) is 8.81. The van der Waals surface area contributed by atoms with Gasteiger partial charge in [0.2, 0.25) is 0 Å². The molecule has 1 saturated heterocycles. The molecule has 0 N–H and O–H groups in total. The molecule has 4 heteroatoms. The van der Waals surface area contributed by atoms with Crippen molar-refractivity contribution in [3.8, 4) is 0 Å². The Labute approximate surface area is 98.7 Å². The van der Waals surface area contributed by atoms with Crippen molar-refractivity contribution in [3.63, 3.8) is 0 Å². The first-order chi connectivity index (χ1) is 7.31. The fraction of sp³-hybridized carbons (Fsp3) is 0.545. The van der Waals surface area contributed by atoms with Crippen LogP contribution in [0, 0.1) is 0 Å². The standard InChI is InChI=1S/C11H15NOS2/c1-9-2-4-14-5-3-12(9)10-6-11(7-13)15-8-10/h6-9H,2-5H2,1H3. The highest BCUT2D eigenvalue weighted by molar-refractivity contribution is 7.99. The third-order valence-corrected chi connectivity index (χ3v) is 4.58. The van der Waals surface area contributed by atoms with Gasteiger partial charge in [0.05, 0.1) is 4.88 Å². The number of carbonyl (C=O) groups excluding carboxylic acids is 1. The fourth-order valence-electron chi connectivity index (χ4n) is 1.83. The lowest BCUT2D eigenvalue weighted by Gasteiger charge is -2.27. The molecule has 0 aromatic carbocycles. The second-order valence-corrected chi connectivity index (χ2v) is 5.94. The molecule has 2 rings (SSSR count). The minimum Gasteiger partial charge on any atom is -0.367 e. The van der Waals surface area contributed by atoms with E-state index < -0.39 is 0 Å². The van der Waals surface area contributed by atoms with Crippen LogP contribution >= 0.6 is 23.1 Å². The summed E-state index contributed by atoms with van der Waals surface area (Å²) in [6.07, 6.45) is 2.17. The second kappa shape index (κ2) is 5.03. The Balaban J connectivity index is 2.16. The first kappa shape index (κ1) is 11.0. The molecule has 15 heavy (non-hydrogen) atoms. The van der Waals surface area contributed by atoms with Crippen LogP contribution in [0.25, 0.3) is 0 Å². The Bertz CT molecular complexity index is 337. The van der Waals surface area contributed by atoms with E-state index in [-0.39, 0.29) is 0 Å². The molecule has 82 valence electrons. The molecule has 1 aliphatic heterocycles. The van der Waals surface area contributed by atoms with Gasteiger partial charge >= 0.3 is 0 Å². The minimum absolute atomic E-state index is 0.592. The van der Waals surface area contributed by atoms with Gasteiger partial charge in [-0.1, -0.05) is 0 Å². The topological polar surface area (TPSA) is 20.3 Å². The number of nitrogens with zero attached hydrogens (tertiary/aromatic N) is 1. The Morgan fingerprint density at radius 1 is 1.53 bits per heavy atom. The lowest BCUT2D eigenvalue weighted by Crippen LogP contribution is -2.33.